The van der Waals surface area contributed by atoms with Crippen molar-refractivity contribution >= 4 is 11.7 Å². The van der Waals surface area contributed by atoms with Gasteiger partial charge < -0.3 is 10.4 Å². The van der Waals surface area contributed by atoms with Crippen molar-refractivity contribution in [2.75, 3.05) is 0 Å². The van der Waals surface area contributed by atoms with Crippen LogP contribution in [-0.2, 0) is 9.59 Å². The number of nitrogens with one attached hydrogen (secondary N) is 1. The van der Waals surface area contributed by atoms with Gasteiger partial charge in [0, 0.05) is 17.0 Å². The summed E-state index contributed by atoms with van der Waals surface area (Å²) in [6.45, 7) is 18.2. The van der Waals surface area contributed by atoms with Crippen LogP contribution in [0.2, 0.25) is 0 Å². The fraction of sp³-hybridized carbons (Fsp3) is 0.750. The highest BCUT2D eigenvalue weighted by Gasteiger charge is 2.68. The van der Waals surface area contributed by atoms with E-state index in [1.54, 1.807) is 6.08 Å². The molecule has 1 amide bonds. The van der Waals surface area contributed by atoms with Gasteiger partial charge in [-0.2, -0.15) is 0 Å². The van der Waals surface area contributed by atoms with Gasteiger partial charge in [0.05, 0.1) is 0 Å². The van der Waals surface area contributed by atoms with Crippen LogP contribution in [0, 0.1) is 39.4 Å². The largest absolute Gasteiger partial charge is 0.504 e. The SMILES string of the molecule is CC1=C(O)C(=O)C=C2C1=CCC1[C@@]2(C)CC[C@@]2(C)[C@@H]3C[C@](C)(NC(=O)C(C)C)CC[C@]3(C)CC[C@]12C. The molecule has 0 aromatic heterocycles. The molecule has 198 valence electrons. The first kappa shape index (κ1) is 25.8. The number of allylic oxidation sites excluding steroid dienone is 5. The van der Waals surface area contributed by atoms with Gasteiger partial charge in [-0.1, -0.05) is 47.6 Å². The summed E-state index contributed by atoms with van der Waals surface area (Å²) in [5.41, 5.74) is 3.42. The van der Waals surface area contributed by atoms with Crippen molar-refractivity contribution in [2.24, 2.45) is 39.4 Å². The zero-order chi connectivity index (χ0) is 26.5. The number of aliphatic hydroxyl groups excluding tert-OH is 1. The fourth-order valence-electron chi connectivity index (χ4n) is 9.65. The Morgan fingerprint density at radius 3 is 2.25 bits per heavy atom. The van der Waals surface area contributed by atoms with Gasteiger partial charge in [0.25, 0.3) is 0 Å². The summed E-state index contributed by atoms with van der Waals surface area (Å²) in [4.78, 5) is 25.4. The normalized spacial score (nSPS) is 46.2. The number of rotatable bonds is 2. The number of carbonyl (C=O) groups excluding carboxylic acids is 2. The van der Waals surface area contributed by atoms with Crippen molar-refractivity contribution in [3.8, 4) is 0 Å². The van der Waals surface area contributed by atoms with Crippen LogP contribution in [-0.4, -0.2) is 22.3 Å². The van der Waals surface area contributed by atoms with Crippen molar-refractivity contribution in [1.82, 2.24) is 5.32 Å². The van der Waals surface area contributed by atoms with Gasteiger partial charge in [0.1, 0.15) is 0 Å². The molecule has 3 saturated carbocycles. The zero-order valence-corrected chi connectivity index (χ0v) is 23.8. The number of ketones is 1. The van der Waals surface area contributed by atoms with Crippen molar-refractivity contribution < 1.29 is 14.7 Å². The summed E-state index contributed by atoms with van der Waals surface area (Å²) < 4.78 is 0. The maximum absolute atomic E-state index is 12.7. The summed E-state index contributed by atoms with van der Waals surface area (Å²) in [7, 11) is 0. The highest BCUT2D eigenvalue weighted by atomic mass is 16.3. The predicted molar refractivity (Wildman–Crippen MR) is 144 cm³/mol. The highest BCUT2D eigenvalue weighted by molar-refractivity contribution is 6.06. The van der Waals surface area contributed by atoms with E-state index in [0.717, 1.165) is 48.8 Å². The predicted octanol–water partition coefficient (Wildman–Crippen LogP) is 7.22. The van der Waals surface area contributed by atoms with E-state index < -0.39 is 0 Å². The summed E-state index contributed by atoms with van der Waals surface area (Å²) in [5.74, 6) is 0.869. The van der Waals surface area contributed by atoms with Gasteiger partial charge in [0.2, 0.25) is 11.7 Å². The van der Waals surface area contributed by atoms with Gasteiger partial charge in [0.15, 0.2) is 5.76 Å². The molecule has 7 atom stereocenters. The molecule has 0 bridgehead atoms. The second-order valence-electron chi connectivity index (χ2n) is 14.7. The summed E-state index contributed by atoms with van der Waals surface area (Å²) in [6, 6.07) is 0. The van der Waals surface area contributed by atoms with Gasteiger partial charge in [-0.05, 0) is 116 Å². The average molecular weight is 494 g/mol. The Labute approximate surface area is 218 Å². The lowest BCUT2D eigenvalue weighted by molar-refractivity contribution is -0.210. The molecule has 0 aliphatic heterocycles. The molecule has 0 radical (unpaired) electrons. The molecule has 1 unspecified atom stereocenters. The molecule has 5 rings (SSSR count). The first-order valence-electron chi connectivity index (χ1n) is 14.3. The maximum atomic E-state index is 12.7. The molecule has 3 fully saturated rings. The molecule has 36 heavy (non-hydrogen) atoms. The number of hydrogen-bond acceptors (Lipinski definition) is 3. The van der Waals surface area contributed by atoms with Crippen LogP contribution in [0.4, 0.5) is 0 Å². The minimum Gasteiger partial charge on any atom is -0.504 e. The monoisotopic (exact) mass is 493 g/mol. The molecule has 0 saturated heterocycles. The smallest absolute Gasteiger partial charge is 0.222 e. The molecule has 5 aliphatic carbocycles. The Morgan fingerprint density at radius 1 is 0.972 bits per heavy atom. The first-order valence-corrected chi connectivity index (χ1v) is 14.3. The topological polar surface area (TPSA) is 66.4 Å². The Hall–Kier alpha value is -1.84. The van der Waals surface area contributed by atoms with E-state index in [-0.39, 0.29) is 45.2 Å². The third kappa shape index (κ3) is 3.31. The second-order valence-corrected chi connectivity index (χ2v) is 14.7. The standard InChI is InChI=1S/C32H47NO3/c1-19(2)27(36)33-29(5)13-11-28(4)12-15-31(7)24-10-9-21-20(3)26(35)23(34)17-22(21)30(24,6)14-16-32(31,8)25(28)18-29/h9,17,19,24-25,35H,10-16,18H2,1-8H3,(H,33,36)/t24?,25-,28-,29-,30+,31-,32+/m1/s1. The Kier molecular flexibility index (Phi) is 5.61. The van der Waals surface area contributed by atoms with Crippen molar-refractivity contribution in [3.63, 3.8) is 0 Å². The molecular weight excluding hydrogens is 446 g/mol. The number of fused-ring (bicyclic) bond motifs is 7. The third-order valence-electron chi connectivity index (χ3n) is 12.4. The van der Waals surface area contributed by atoms with Gasteiger partial charge >= 0.3 is 0 Å². The van der Waals surface area contributed by atoms with E-state index in [4.69, 9.17) is 0 Å². The summed E-state index contributed by atoms with van der Waals surface area (Å²) in [5, 5.41) is 13.8. The molecule has 0 heterocycles. The molecule has 0 spiro atoms. The minimum absolute atomic E-state index is 0.00405. The number of amides is 1. The van der Waals surface area contributed by atoms with Gasteiger partial charge in [-0.3, -0.25) is 9.59 Å². The van der Waals surface area contributed by atoms with Crippen LogP contribution < -0.4 is 5.32 Å². The van der Waals surface area contributed by atoms with E-state index in [9.17, 15) is 14.7 Å². The summed E-state index contributed by atoms with van der Waals surface area (Å²) in [6.07, 6.45) is 13.0. The van der Waals surface area contributed by atoms with Crippen LogP contribution in [0.15, 0.2) is 34.6 Å². The lowest BCUT2D eigenvalue weighted by Crippen LogP contribution is -2.66. The minimum atomic E-state index is -0.236. The van der Waals surface area contributed by atoms with Crippen molar-refractivity contribution in [3.05, 3.63) is 34.6 Å². The Morgan fingerprint density at radius 2 is 1.58 bits per heavy atom. The van der Waals surface area contributed by atoms with E-state index in [1.165, 1.54) is 19.3 Å². The van der Waals surface area contributed by atoms with Crippen LogP contribution in [0.3, 0.4) is 0 Å². The molecule has 0 aromatic carbocycles. The Balaban J connectivity index is 1.54. The van der Waals surface area contributed by atoms with Crippen LogP contribution in [0.25, 0.3) is 0 Å². The van der Waals surface area contributed by atoms with Crippen LogP contribution >= 0.6 is 0 Å². The van der Waals surface area contributed by atoms with E-state index in [0.29, 0.717) is 17.3 Å². The van der Waals surface area contributed by atoms with Gasteiger partial charge in [-0.15, -0.1) is 0 Å². The lowest BCUT2D eigenvalue weighted by atomic mass is 9.33. The van der Waals surface area contributed by atoms with Crippen LogP contribution in [0.5, 0.6) is 0 Å². The second kappa shape index (κ2) is 7.84. The molecule has 4 heteroatoms. The highest BCUT2D eigenvalue weighted by Crippen LogP contribution is 2.75. The summed E-state index contributed by atoms with van der Waals surface area (Å²) >= 11 is 0. The molecule has 2 N–H and O–H groups in total. The van der Waals surface area contributed by atoms with E-state index >= 15 is 0 Å². The molecular formula is C32H47NO3. The molecule has 0 aromatic rings. The number of aliphatic hydroxyl groups is 1. The third-order valence-corrected chi connectivity index (χ3v) is 12.4. The maximum Gasteiger partial charge on any atom is 0.222 e. The van der Waals surface area contributed by atoms with Crippen molar-refractivity contribution in [2.45, 2.75) is 112 Å². The average Bonchev–Trinajstić information content (AvgIpc) is 2.81. The Bertz CT molecular complexity index is 1110. The molecule has 5 aliphatic rings. The van der Waals surface area contributed by atoms with Crippen molar-refractivity contribution in [1.29, 1.82) is 0 Å². The fourth-order valence-corrected chi connectivity index (χ4v) is 9.65. The quantitative estimate of drug-likeness (QED) is 0.427. The van der Waals surface area contributed by atoms with E-state index in [2.05, 4.69) is 46.0 Å². The van der Waals surface area contributed by atoms with Gasteiger partial charge in [-0.25, -0.2) is 0 Å². The zero-order valence-electron chi connectivity index (χ0n) is 23.8. The number of carbonyl (C=O) groups is 2. The van der Waals surface area contributed by atoms with Crippen LogP contribution in [0.1, 0.15) is 107 Å². The first-order chi connectivity index (χ1) is 16.6. The lowest BCUT2D eigenvalue weighted by Gasteiger charge is -2.72. The molecule has 4 nitrogen and oxygen atoms in total. The van der Waals surface area contributed by atoms with E-state index in [1.807, 2.05) is 20.8 Å². The number of hydrogen-bond donors (Lipinski definition) is 2.